The molecule has 0 spiro atoms. The molecule has 3 aliphatic heterocycles. The molecule has 2 aromatic carbocycles. The maximum Gasteiger partial charge on any atom is 0.253 e. The number of fused-ring (bicyclic) bond motifs is 2. The normalized spacial score (nSPS) is 21.6. The molecule has 8 heteroatoms. The van der Waals surface area contributed by atoms with Gasteiger partial charge in [-0.15, -0.1) is 0 Å². The molecule has 2 N–H and O–H groups in total. The molecule has 0 bridgehead atoms. The number of ether oxygens (including phenoxy) is 4. The number of benzene rings is 2. The van der Waals surface area contributed by atoms with Gasteiger partial charge in [0.1, 0.15) is 5.66 Å². The van der Waals surface area contributed by atoms with Crippen LogP contribution in [0.4, 0.5) is 0 Å². The minimum absolute atomic E-state index is 0.430. The predicted molar refractivity (Wildman–Crippen MR) is 122 cm³/mol. The first-order valence-electron chi connectivity index (χ1n) is 10.5. The molecular weight excluding hydrogens is 408 g/mol. The molecule has 0 fully saturated rings. The van der Waals surface area contributed by atoms with Gasteiger partial charge >= 0.3 is 0 Å². The number of rotatable bonds is 6. The van der Waals surface area contributed by atoms with E-state index in [-0.39, 0.29) is 0 Å². The van der Waals surface area contributed by atoms with Crippen molar-refractivity contribution >= 4 is 11.3 Å². The van der Waals surface area contributed by atoms with Gasteiger partial charge in [0.2, 0.25) is 0 Å². The highest BCUT2D eigenvalue weighted by Crippen LogP contribution is 2.41. The summed E-state index contributed by atoms with van der Waals surface area (Å²) in [4.78, 5) is 4.81. The van der Waals surface area contributed by atoms with Crippen molar-refractivity contribution in [2.45, 2.75) is 25.8 Å². The summed E-state index contributed by atoms with van der Waals surface area (Å²) >= 11 is 0. The minimum Gasteiger partial charge on any atom is -0.493 e. The molecule has 8 nitrogen and oxygen atoms in total. The van der Waals surface area contributed by atoms with Crippen LogP contribution in [-0.4, -0.2) is 43.4 Å². The Hall–Kier alpha value is -3.49. The summed E-state index contributed by atoms with van der Waals surface area (Å²) in [6.07, 6.45) is 3.51. The average Bonchev–Trinajstić information content (AvgIpc) is 3.35. The number of aliphatic imine (C=N–C) groups is 1. The summed E-state index contributed by atoms with van der Waals surface area (Å²) in [7, 11) is 3.26. The molecule has 1 atom stereocenters. The van der Waals surface area contributed by atoms with Crippen molar-refractivity contribution in [2.24, 2.45) is 4.99 Å². The van der Waals surface area contributed by atoms with E-state index in [0.717, 1.165) is 34.2 Å². The van der Waals surface area contributed by atoms with Crippen LogP contribution in [0.3, 0.4) is 0 Å². The molecule has 0 saturated carbocycles. The number of nitrogens with one attached hydrogen (secondary N) is 2. The SMILES string of the molecule is COc1ccc(C2=C3N=C(C)C=CN3NC2(C)NCC2Oc3ccccc3O2)cc1OC. The Morgan fingerprint density at radius 2 is 1.81 bits per heavy atom. The maximum absolute atomic E-state index is 5.93. The molecule has 0 radical (unpaired) electrons. The van der Waals surface area contributed by atoms with Crippen molar-refractivity contribution in [3.8, 4) is 23.0 Å². The summed E-state index contributed by atoms with van der Waals surface area (Å²) in [6, 6.07) is 13.6. The van der Waals surface area contributed by atoms with Crippen molar-refractivity contribution < 1.29 is 18.9 Å². The van der Waals surface area contributed by atoms with E-state index in [4.69, 9.17) is 23.9 Å². The number of methoxy groups -OCH3 is 2. The Morgan fingerprint density at radius 1 is 1.09 bits per heavy atom. The Morgan fingerprint density at radius 3 is 2.50 bits per heavy atom. The van der Waals surface area contributed by atoms with Crippen molar-refractivity contribution in [3.63, 3.8) is 0 Å². The Balaban J connectivity index is 1.47. The van der Waals surface area contributed by atoms with Crippen LogP contribution in [0.15, 0.2) is 65.6 Å². The van der Waals surface area contributed by atoms with Gasteiger partial charge in [0, 0.05) is 17.5 Å². The van der Waals surface area contributed by atoms with E-state index in [1.165, 1.54) is 0 Å². The maximum atomic E-state index is 5.93. The van der Waals surface area contributed by atoms with Gasteiger partial charge in [0.05, 0.1) is 20.8 Å². The van der Waals surface area contributed by atoms with Crippen molar-refractivity contribution in [1.29, 1.82) is 0 Å². The Kier molecular flexibility index (Phi) is 5.03. The molecule has 3 aliphatic rings. The summed E-state index contributed by atoms with van der Waals surface area (Å²) in [5.74, 6) is 3.66. The first-order valence-corrected chi connectivity index (χ1v) is 10.5. The lowest BCUT2D eigenvalue weighted by Crippen LogP contribution is -2.57. The van der Waals surface area contributed by atoms with E-state index < -0.39 is 12.0 Å². The fraction of sp³-hybridized carbons (Fsp3) is 0.292. The first-order chi connectivity index (χ1) is 15.5. The number of hydrogen-bond acceptors (Lipinski definition) is 8. The van der Waals surface area contributed by atoms with Gasteiger partial charge < -0.3 is 18.9 Å². The van der Waals surface area contributed by atoms with Crippen LogP contribution in [0.1, 0.15) is 19.4 Å². The van der Waals surface area contributed by atoms with Crippen LogP contribution in [-0.2, 0) is 0 Å². The van der Waals surface area contributed by atoms with E-state index in [0.29, 0.717) is 18.0 Å². The molecule has 0 aliphatic carbocycles. The summed E-state index contributed by atoms with van der Waals surface area (Å²) in [6.45, 7) is 4.52. The van der Waals surface area contributed by atoms with E-state index in [1.807, 2.05) is 66.7 Å². The van der Waals surface area contributed by atoms with Gasteiger partial charge in [-0.2, -0.15) is 0 Å². The lowest BCUT2D eigenvalue weighted by molar-refractivity contribution is 0.0416. The number of nitrogens with zero attached hydrogens (tertiary/aromatic N) is 2. The molecule has 0 amide bonds. The van der Waals surface area contributed by atoms with Gasteiger partial charge in [0.25, 0.3) is 6.29 Å². The van der Waals surface area contributed by atoms with Crippen molar-refractivity contribution in [1.82, 2.24) is 15.8 Å². The zero-order valence-corrected chi connectivity index (χ0v) is 18.5. The fourth-order valence-electron chi connectivity index (χ4n) is 4.16. The number of hydrazine groups is 1. The highest BCUT2D eigenvalue weighted by atomic mass is 16.7. The highest BCUT2D eigenvalue weighted by molar-refractivity contribution is 5.95. The highest BCUT2D eigenvalue weighted by Gasteiger charge is 2.43. The third-order valence-electron chi connectivity index (χ3n) is 5.70. The quantitative estimate of drug-likeness (QED) is 0.723. The largest absolute Gasteiger partial charge is 0.493 e. The van der Waals surface area contributed by atoms with E-state index in [2.05, 4.69) is 17.7 Å². The molecule has 5 rings (SSSR count). The summed E-state index contributed by atoms with van der Waals surface area (Å²) in [5, 5.41) is 5.51. The van der Waals surface area contributed by atoms with Crippen LogP contribution < -0.4 is 29.7 Å². The molecule has 1 unspecified atom stereocenters. The van der Waals surface area contributed by atoms with Crippen molar-refractivity contribution in [2.75, 3.05) is 20.8 Å². The number of para-hydroxylation sites is 2. The summed E-state index contributed by atoms with van der Waals surface area (Å²) in [5.41, 5.74) is 5.75. The van der Waals surface area contributed by atoms with E-state index in [9.17, 15) is 0 Å². The van der Waals surface area contributed by atoms with Gasteiger partial charge in [-0.05, 0) is 49.8 Å². The first kappa shape index (κ1) is 20.4. The number of allylic oxidation sites excluding steroid dienone is 1. The molecule has 32 heavy (non-hydrogen) atoms. The predicted octanol–water partition coefficient (Wildman–Crippen LogP) is 3.28. The zero-order valence-electron chi connectivity index (χ0n) is 18.5. The molecule has 0 saturated heterocycles. The Bertz CT molecular complexity index is 1120. The minimum atomic E-state index is -0.644. The number of hydrogen-bond donors (Lipinski definition) is 2. The van der Waals surface area contributed by atoms with Gasteiger partial charge in [-0.25, -0.2) is 10.4 Å². The molecule has 2 aromatic rings. The second kappa shape index (κ2) is 7.89. The van der Waals surface area contributed by atoms with Crippen LogP contribution in [0.2, 0.25) is 0 Å². The van der Waals surface area contributed by atoms with Gasteiger partial charge in [-0.1, -0.05) is 18.2 Å². The molecule has 3 heterocycles. The third kappa shape index (κ3) is 3.47. The topological polar surface area (TPSA) is 76.6 Å². The van der Waals surface area contributed by atoms with Crippen LogP contribution in [0, 0.1) is 0 Å². The van der Waals surface area contributed by atoms with Crippen molar-refractivity contribution in [3.05, 3.63) is 66.1 Å². The molecule has 166 valence electrons. The van der Waals surface area contributed by atoms with E-state index >= 15 is 0 Å². The van der Waals surface area contributed by atoms with Crippen LogP contribution >= 0.6 is 0 Å². The lowest BCUT2D eigenvalue weighted by Gasteiger charge is -2.31. The average molecular weight is 434 g/mol. The second-order valence-electron chi connectivity index (χ2n) is 7.94. The lowest BCUT2D eigenvalue weighted by atomic mass is 9.94. The molecular formula is C24H26N4O4. The zero-order chi connectivity index (χ0) is 22.3. The third-order valence-corrected chi connectivity index (χ3v) is 5.70. The summed E-state index contributed by atoms with van der Waals surface area (Å²) < 4.78 is 22.8. The van der Waals surface area contributed by atoms with E-state index in [1.54, 1.807) is 14.2 Å². The van der Waals surface area contributed by atoms with Crippen LogP contribution in [0.5, 0.6) is 23.0 Å². The second-order valence-corrected chi connectivity index (χ2v) is 7.94. The molecule has 0 aromatic heterocycles. The Labute approximate surface area is 187 Å². The van der Waals surface area contributed by atoms with Gasteiger partial charge in [0.15, 0.2) is 28.8 Å². The fourth-order valence-corrected chi connectivity index (χ4v) is 4.16. The van der Waals surface area contributed by atoms with Crippen LogP contribution in [0.25, 0.3) is 5.57 Å². The van der Waals surface area contributed by atoms with Gasteiger partial charge in [-0.3, -0.25) is 10.3 Å². The monoisotopic (exact) mass is 434 g/mol. The standard InChI is InChI=1S/C24H26N4O4/c1-15-11-12-28-23(26-15)22(16-9-10-17(29-3)20(13-16)30-4)24(2,27-28)25-14-21-31-18-7-5-6-8-19(18)32-21/h5-13,21,25,27H,14H2,1-4H3. The smallest absolute Gasteiger partial charge is 0.253 e.